The first kappa shape index (κ1) is 22.7. The van der Waals surface area contributed by atoms with Gasteiger partial charge in [-0.3, -0.25) is 9.79 Å². The average Bonchev–Trinajstić information content (AvgIpc) is 3.33. The van der Waals surface area contributed by atoms with Gasteiger partial charge in [-0.25, -0.2) is 4.98 Å². The third-order valence-electron chi connectivity index (χ3n) is 5.59. The van der Waals surface area contributed by atoms with Crippen LogP contribution in [0.5, 0.6) is 5.88 Å². The number of hydrogen-bond donors (Lipinski definition) is 1. The highest BCUT2D eigenvalue weighted by Crippen LogP contribution is 2.39. The van der Waals surface area contributed by atoms with Crippen LogP contribution >= 0.6 is 24.0 Å². The molecular formula is C20H32IN5O2. The number of amides is 1. The van der Waals surface area contributed by atoms with Crippen LogP contribution in [0.4, 0.5) is 0 Å². The molecule has 28 heavy (non-hydrogen) atoms. The minimum absolute atomic E-state index is 0. The summed E-state index contributed by atoms with van der Waals surface area (Å²) in [7, 11) is 5.48. The number of guanidine groups is 1. The van der Waals surface area contributed by atoms with Crippen molar-refractivity contribution in [1.29, 1.82) is 0 Å². The van der Waals surface area contributed by atoms with E-state index >= 15 is 0 Å². The summed E-state index contributed by atoms with van der Waals surface area (Å²) in [5, 5.41) is 3.47. The van der Waals surface area contributed by atoms with Crippen LogP contribution in [0.2, 0.25) is 0 Å². The lowest BCUT2D eigenvalue weighted by Gasteiger charge is -2.32. The molecule has 1 aromatic rings. The quantitative estimate of drug-likeness (QED) is 0.381. The molecule has 1 unspecified atom stereocenters. The van der Waals surface area contributed by atoms with Crippen LogP contribution in [-0.2, 0) is 4.79 Å². The SMILES string of the molecule is CN=C(NCC1(C(=O)N(C)C)CCCC1)N1CCC(Oc2ccccn2)C1.I. The van der Waals surface area contributed by atoms with E-state index in [2.05, 4.69) is 20.2 Å². The zero-order valence-electron chi connectivity index (χ0n) is 17.1. The van der Waals surface area contributed by atoms with Gasteiger partial charge in [0.25, 0.3) is 0 Å². The van der Waals surface area contributed by atoms with Gasteiger partial charge in [-0.2, -0.15) is 0 Å². The van der Waals surface area contributed by atoms with E-state index in [9.17, 15) is 4.79 Å². The second kappa shape index (κ2) is 10.3. The maximum Gasteiger partial charge on any atom is 0.230 e. The fourth-order valence-electron chi connectivity index (χ4n) is 4.18. The summed E-state index contributed by atoms with van der Waals surface area (Å²) in [5.41, 5.74) is -0.303. The molecule has 1 aliphatic carbocycles. The second-order valence-corrected chi connectivity index (χ2v) is 7.73. The van der Waals surface area contributed by atoms with Crippen molar-refractivity contribution in [2.45, 2.75) is 38.2 Å². The molecule has 7 nitrogen and oxygen atoms in total. The molecule has 1 aromatic heterocycles. The summed E-state index contributed by atoms with van der Waals surface area (Å²) in [6.07, 6.45) is 6.89. The van der Waals surface area contributed by atoms with Gasteiger partial charge in [-0.15, -0.1) is 24.0 Å². The Labute approximate surface area is 184 Å². The molecule has 8 heteroatoms. The Kier molecular flexibility index (Phi) is 8.33. The zero-order chi connectivity index (χ0) is 19.3. The lowest BCUT2D eigenvalue weighted by atomic mass is 9.84. The Morgan fingerprint density at radius 2 is 2.14 bits per heavy atom. The lowest BCUT2D eigenvalue weighted by Crippen LogP contribution is -2.50. The summed E-state index contributed by atoms with van der Waals surface area (Å²) >= 11 is 0. The van der Waals surface area contributed by atoms with Gasteiger partial charge in [0.2, 0.25) is 11.8 Å². The number of aromatic nitrogens is 1. The third kappa shape index (κ3) is 5.27. The van der Waals surface area contributed by atoms with Crippen molar-refractivity contribution in [1.82, 2.24) is 20.1 Å². The average molecular weight is 501 g/mol. The fraction of sp³-hybridized carbons (Fsp3) is 0.650. The molecule has 2 fully saturated rings. The van der Waals surface area contributed by atoms with Crippen molar-refractivity contribution in [2.75, 3.05) is 40.8 Å². The molecule has 1 amide bonds. The minimum atomic E-state index is -0.303. The van der Waals surface area contributed by atoms with Crippen LogP contribution in [-0.4, -0.2) is 73.5 Å². The second-order valence-electron chi connectivity index (χ2n) is 7.73. The first-order chi connectivity index (χ1) is 13.0. The maximum absolute atomic E-state index is 12.7. The van der Waals surface area contributed by atoms with E-state index in [1.54, 1.807) is 18.1 Å². The Balaban J connectivity index is 0.00000280. The van der Waals surface area contributed by atoms with Crippen molar-refractivity contribution in [2.24, 2.45) is 10.4 Å². The van der Waals surface area contributed by atoms with E-state index in [4.69, 9.17) is 4.74 Å². The number of ether oxygens (including phenoxy) is 1. The molecule has 1 atom stereocenters. The van der Waals surface area contributed by atoms with Crippen LogP contribution in [0.1, 0.15) is 32.1 Å². The number of likely N-dealkylation sites (tertiary alicyclic amines) is 1. The number of rotatable bonds is 5. The molecule has 0 spiro atoms. The highest BCUT2D eigenvalue weighted by Gasteiger charge is 2.42. The molecule has 1 saturated heterocycles. The van der Waals surface area contributed by atoms with E-state index in [0.717, 1.165) is 51.2 Å². The van der Waals surface area contributed by atoms with E-state index < -0.39 is 0 Å². The predicted molar refractivity (Wildman–Crippen MR) is 121 cm³/mol. The van der Waals surface area contributed by atoms with Gasteiger partial charge in [-0.1, -0.05) is 18.9 Å². The van der Waals surface area contributed by atoms with Crippen LogP contribution in [0.3, 0.4) is 0 Å². The number of nitrogens with zero attached hydrogens (tertiary/aromatic N) is 4. The monoisotopic (exact) mass is 501 g/mol. The largest absolute Gasteiger partial charge is 0.472 e. The number of hydrogen-bond acceptors (Lipinski definition) is 4. The van der Waals surface area contributed by atoms with E-state index in [1.165, 1.54) is 0 Å². The number of pyridine rings is 1. The maximum atomic E-state index is 12.7. The van der Waals surface area contributed by atoms with E-state index in [-0.39, 0.29) is 41.4 Å². The molecule has 0 radical (unpaired) electrons. The number of carbonyl (C=O) groups excluding carboxylic acids is 1. The standard InChI is InChI=1S/C20H31N5O2.HI/c1-21-19(23-15-20(10-5-6-11-20)18(26)24(2)3)25-13-9-16(14-25)27-17-8-4-7-12-22-17;/h4,7-8,12,16H,5-6,9-11,13-15H2,1-3H3,(H,21,23);1H. The molecule has 3 rings (SSSR count). The molecule has 1 N–H and O–H groups in total. The summed E-state index contributed by atoms with van der Waals surface area (Å²) in [6, 6.07) is 5.69. The summed E-state index contributed by atoms with van der Waals surface area (Å²) in [6.45, 7) is 2.29. The Hall–Kier alpha value is -1.58. The number of aliphatic imine (C=N–C) groups is 1. The lowest BCUT2D eigenvalue weighted by molar-refractivity contribution is -0.138. The zero-order valence-corrected chi connectivity index (χ0v) is 19.4. The number of carbonyl (C=O) groups is 1. The smallest absolute Gasteiger partial charge is 0.230 e. The summed E-state index contributed by atoms with van der Waals surface area (Å²) in [4.78, 5) is 25.4. The first-order valence-corrected chi connectivity index (χ1v) is 9.79. The minimum Gasteiger partial charge on any atom is -0.472 e. The molecule has 156 valence electrons. The molecule has 1 saturated carbocycles. The van der Waals surface area contributed by atoms with Gasteiger partial charge in [0, 0.05) is 52.9 Å². The van der Waals surface area contributed by atoms with Crippen molar-refractivity contribution >= 4 is 35.8 Å². The molecule has 2 heterocycles. The Morgan fingerprint density at radius 3 is 2.75 bits per heavy atom. The van der Waals surface area contributed by atoms with Crippen molar-refractivity contribution < 1.29 is 9.53 Å². The molecular weight excluding hydrogens is 469 g/mol. The van der Waals surface area contributed by atoms with Gasteiger partial charge in [0.15, 0.2) is 5.96 Å². The Morgan fingerprint density at radius 1 is 1.39 bits per heavy atom. The molecule has 2 aliphatic rings. The van der Waals surface area contributed by atoms with E-state index in [1.807, 2.05) is 32.3 Å². The van der Waals surface area contributed by atoms with Crippen LogP contribution in [0.15, 0.2) is 29.4 Å². The molecule has 0 bridgehead atoms. The number of nitrogens with one attached hydrogen (secondary N) is 1. The van der Waals surface area contributed by atoms with Gasteiger partial charge in [0.1, 0.15) is 6.10 Å². The van der Waals surface area contributed by atoms with Crippen LogP contribution in [0, 0.1) is 5.41 Å². The fourth-order valence-corrected chi connectivity index (χ4v) is 4.18. The van der Waals surface area contributed by atoms with E-state index in [0.29, 0.717) is 12.4 Å². The van der Waals surface area contributed by atoms with Gasteiger partial charge < -0.3 is 19.9 Å². The van der Waals surface area contributed by atoms with Gasteiger partial charge >= 0.3 is 0 Å². The van der Waals surface area contributed by atoms with Crippen LogP contribution < -0.4 is 10.1 Å². The number of halogens is 1. The van der Waals surface area contributed by atoms with Gasteiger partial charge in [-0.05, 0) is 18.9 Å². The van der Waals surface area contributed by atoms with Crippen molar-refractivity contribution in [3.63, 3.8) is 0 Å². The van der Waals surface area contributed by atoms with Crippen LogP contribution in [0.25, 0.3) is 0 Å². The topological polar surface area (TPSA) is 70.1 Å². The normalized spacial score (nSPS) is 21.2. The molecule has 1 aliphatic heterocycles. The van der Waals surface area contributed by atoms with Crippen molar-refractivity contribution in [3.05, 3.63) is 24.4 Å². The first-order valence-electron chi connectivity index (χ1n) is 9.79. The van der Waals surface area contributed by atoms with Gasteiger partial charge in [0.05, 0.1) is 12.0 Å². The predicted octanol–water partition coefficient (Wildman–Crippen LogP) is 2.38. The highest BCUT2D eigenvalue weighted by atomic mass is 127. The van der Waals surface area contributed by atoms with Crippen molar-refractivity contribution in [3.8, 4) is 5.88 Å². The highest BCUT2D eigenvalue weighted by molar-refractivity contribution is 14.0. The third-order valence-corrected chi connectivity index (χ3v) is 5.59. The summed E-state index contributed by atoms with van der Waals surface area (Å²) < 4.78 is 5.97. The summed E-state index contributed by atoms with van der Waals surface area (Å²) in [5.74, 6) is 1.73. The molecule has 0 aromatic carbocycles. The Bertz CT molecular complexity index is 662.